The number of aromatic carboxylic acids is 1. The van der Waals surface area contributed by atoms with E-state index in [-0.39, 0.29) is 5.69 Å². The highest BCUT2D eigenvalue weighted by Gasteiger charge is 2.16. The van der Waals surface area contributed by atoms with Gasteiger partial charge < -0.3 is 5.11 Å². The number of carbonyl (C=O) groups is 1. The molecular weight excluding hydrogens is 210 g/mol. The highest BCUT2D eigenvalue weighted by Crippen LogP contribution is 2.34. The summed E-state index contributed by atoms with van der Waals surface area (Å²) < 4.78 is 0. The lowest BCUT2D eigenvalue weighted by atomic mass is 10.3. The smallest absolute Gasteiger partial charge is 0.354 e. The quantitative estimate of drug-likeness (QED) is 0.856. The molecule has 1 aromatic heterocycles. The van der Waals surface area contributed by atoms with Gasteiger partial charge in [-0.25, -0.2) is 9.78 Å². The normalized spacial score (nSPS) is 16.8. The van der Waals surface area contributed by atoms with Gasteiger partial charge in [-0.3, -0.25) is 0 Å². The molecule has 0 spiro atoms. The number of aromatic nitrogens is 1. The summed E-state index contributed by atoms with van der Waals surface area (Å²) >= 11 is 1.82. The Kier molecular flexibility index (Phi) is 3.26. The van der Waals surface area contributed by atoms with Crippen LogP contribution in [0.1, 0.15) is 36.2 Å². The molecule has 1 fully saturated rings. The largest absolute Gasteiger partial charge is 0.477 e. The van der Waals surface area contributed by atoms with Crippen molar-refractivity contribution in [1.29, 1.82) is 0 Å². The molecule has 0 aliphatic heterocycles. The van der Waals surface area contributed by atoms with Gasteiger partial charge in [-0.05, 0) is 25.0 Å². The van der Waals surface area contributed by atoms with Crippen molar-refractivity contribution in [3.8, 4) is 0 Å². The van der Waals surface area contributed by atoms with Crippen molar-refractivity contribution in [2.24, 2.45) is 0 Å². The van der Waals surface area contributed by atoms with Crippen LogP contribution in [0.2, 0.25) is 0 Å². The molecular formula is C11H13NO2S. The molecule has 0 aromatic carbocycles. The zero-order valence-corrected chi connectivity index (χ0v) is 9.17. The third-order valence-corrected chi connectivity index (χ3v) is 3.88. The van der Waals surface area contributed by atoms with E-state index in [0.29, 0.717) is 5.25 Å². The van der Waals surface area contributed by atoms with Crippen LogP contribution < -0.4 is 0 Å². The van der Waals surface area contributed by atoms with Crippen LogP contribution in [0.5, 0.6) is 0 Å². The minimum atomic E-state index is -0.965. The van der Waals surface area contributed by atoms with Crippen molar-refractivity contribution in [1.82, 2.24) is 4.98 Å². The summed E-state index contributed by atoms with van der Waals surface area (Å²) in [5.74, 6) is -0.965. The van der Waals surface area contributed by atoms with Crippen molar-refractivity contribution in [2.45, 2.75) is 35.8 Å². The van der Waals surface area contributed by atoms with Crippen LogP contribution in [0.4, 0.5) is 0 Å². The van der Waals surface area contributed by atoms with E-state index < -0.39 is 5.97 Å². The predicted octanol–water partition coefficient (Wildman–Crippen LogP) is 2.81. The maximum atomic E-state index is 10.6. The topological polar surface area (TPSA) is 50.2 Å². The first-order valence-electron chi connectivity index (χ1n) is 5.12. The van der Waals surface area contributed by atoms with Crippen LogP contribution in [-0.2, 0) is 0 Å². The standard InChI is InChI=1S/C11H13NO2S/c13-11(14)10-6-5-9(7-12-10)15-8-3-1-2-4-8/h5-8H,1-4H2,(H,13,14). The molecule has 0 atom stereocenters. The van der Waals surface area contributed by atoms with Crippen molar-refractivity contribution < 1.29 is 9.90 Å². The molecule has 0 amide bonds. The van der Waals surface area contributed by atoms with Crippen molar-refractivity contribution in [2.75, 3.05) is 0 Å². The summed E-state index contributed by atoms with van der Waals surface area (Å²) in [6.45, 7) is 0. The zero-order valence-electron chi connectivity index (χ0n) is 8.35. The van der Waals surface area contributed by atoms with Crippen molar-refractivity contribution in [3.63, 3.8) is 0 Å². The molecule has 1 aliphatic carbocycles. The SMILES string of the molecule is O=C(O)c1ccc(SC2CCCC2)cn1. The molecule has 1 saturated carbocycles. The fourth-order valence-electron chi connectivity index (χ4n) is 1.78. The Morgan fingerprint density at radius 3 is 2.67 bits per heavy atom. The summed E-state index contributed by atoms with van der Waals surface area (Å²) in [6.07, 6.45) is 6.83. The molecule has 1 N–H and O–H groups in total. The molecule has 0 unspecified atom stereocenters. The number of hydrogen-bond donors (Lipinski definition) is 1. The third kappa shape index (κ3) is 2.72. The van der Waals surface area contributed by atoms with E-state index in [4.69, 9.17) is 5.11 Å². The van der Waals surface area contributed by atoms with Gasteiger partial charge in [-0.1, -0.05) is 12.8 Å². The Morgan fingerprint density at radius 1 is 1.40 bits per heavy atom. The number of carboxylic acid groups (broad SMARTS) is 1. The first-order chi connectivity index (χ1) is 7.25. The Hall–Kier alpha value is -1.03. The Bertz CT molecular complexity index is 344. The van der Waals surface area contributed by atoms with E-state index in [0.717, 1.165) is 4.90 Å². The van der Waals surface area contributed by atoms with Crippen molar-refractivity contribution >= 4 is 17.7 Å². The lowest BCUT2D eigenvalue weighted by Crippen LogP contribution is -2.00. The summed E-state index contributed by atoms with van der Waals surface area (Å²) in [5.41, 5.74) is 0.116. The molecule has 1 aromatic rings. The number of pyridine rings is 1. The average Bonchev–Trinajstić information content (AvgIpc) is 2.71. The van der Waals surface area contributed by atoms with Gasteiger partial charge in [0.25, 0.3) is 0 Å². The first-order valence-corrected chi connectivity index (χ1v) is 5.99. The van der Waals surface area contributed by atoms with Gasteiger partial charge >= 0.3 is 5.97 Å². The molecule has 0 radical (unpaired) electrons. The molecule has 3 nitrogen and oxygen atoms in total. The molecule has 1 aliphatic rings. The van der Waals surface area contributed by atoms with Crippen LogP contribution in [-0.4, -0.2) is 21.3 Å². The Morgan fingerprint density at radius 2 is 2.13 bits per heavy atom. The van der Waals surface area contributed by atoms with E-state index in [9.17, 15) is 4.79 Å². The van der Waals surface area contributed by atoms with Crippen molar-refractivity contribution in [3.05, 3.63) is 24.0 Å². The summed E-state index contributed by atoms with van der Waals surface area (Å²) in [5, 5.41) is 9.39. The summed E-state index contributed by atoms with van der Waals surface area (Å²) in [6, 6.07) is 3.42. The second-order valence-electron chi connectivity index (χ2n) is 3.71. The second-order valence-corrected chi connectivity index (χ2v) is 5.08. The van der Waals surface area contributed by atoms with Crippen LogP contribution >= 0.6 is 11.8 Å². The average molecular weight is 223 g/mol. The van der Waals surface area contributed by atoms with Gasteiger partial charge in [0.1, 0.15) is 5.69 Å². The lowest BCUT2D eigenvalue weighted by Gasteiger charge is -2.07. The third-order valence-electron chi connectivity index (χ3n) is 2.56. The van der Waals surface area contributed by atoms with Crippen LogP contribution in [0.3, 0.4) is 0 Å². The highest BCUT2D eigenvalue weighted by molar-refractivity contribution is 8.00. The first kappa shape index (κ1) is 10.5. The molecule has 15 heavy (non-hydrogen) atoms. The molecule has 80 valence electrons. The van der Waals surface area contributed by atoms with E-state index >= 15 is 0 Å². The fourth-order valence-corrected chi connectivity index (χ4v) is 2.99. The molecule has 0 saturated heterocycles. The second kappa shape index (κ2) is 4.66. The number of nitrogens with zero attached hydrogens (tertiary/aromatic N) is 1. The van der Waals surface area contributed by atoms with Gasteiger partial charge in [0, 0.05) is 16.3 Å². The number of carboxylic acids is 1. The molecule has 4 heteroatoms. The van der Waals surface area contributed by atoms with Gasteiger partial charge in [-0.15, -0.1) is 11.8 Å². The van der Waals surface area contributed by atoms with Gasteiger partial charge in [0.15, 0.2) is 0 Å². The highest BCUT2D eigenvalue weighted by atomic mass is 32.2. The lowest BCUT2D eigenvalue weighted by molar-refractivity contribution is 0.0690. The van der Waals surface area contributed by atoms with Crippen LogP contribution in [0.15, 0.2) is 23.2 Å². The number of thioether (sulfide) groups is 1. The minimum absolute atomic E-state index is 0.116. The molecule has 2 rings (SSSR count). The van der Waals surface area contributed by atoms with E-state index in [1.165, 1.54) is 25.7 Å². The Labute approximate surface area is 92.9 Å². The van der Waals surface area contributed by atoms with Gasteiger partial charge in [0.05, 0.1) is 0 Å². The Balaban J connectivity index is 2.00. The number of rotatable bonds is 3. The fraction of sp³-hybridized carbons (Fsp3) is 0.455. The predicted molar refractivity (Wildman–Crippen MR) is 59.3 cm³/mol. The van der Waals surface area contributed by atoms with Gasteiger partial charge in [0.2, 0.25) is 0 Å². The maximum Gasteiger partial charge on any atom is 0.354 e. The summed E-state index contributed by atoms with van der Waals surface area (Å²) in [4.78, 5) is 15.6. The molecule has 0 bridgehead atoms. The van der Waals surface area contributed by atoms with E-state index in [1.54, 1.807) is 12.3 Å². The van der Waals surface area contributed by atoms with Gasteiger partial charge in [-0.2, -0.15) is 0 Å². The van der Waals surface area contributed by atoms with E-state index in [1.807, 2.05) is 17.8 Å². The monoisotopic (exact) mass is 223 g/mol. The maximum absolute atomic E-state index is 10.6. The number of hydrogen-bond acceptors (Lipinski definition) is 3. The zero-order chi connectivity index (χ0) is 10.7. The van der Waals surface area contributed by atoms with Crippen LogP contribution in [0.25, 0.3) is 0 Å². The van der Waals surface area contributed by atoms with E-state index in [2.05, 4.69) is 4.98 Å². The minimum Gasteiger partial charge on any atom is -0.477 e. The molecule has 1 heterocycles. The van der Waals surface area contributed by atoms with Crippen LogP contribution in [0, 0.1) is 0 Å². The summed E-state index contributed by atoms with van der Waals surface area (Å²) in [7, 11) is 0.